The van der Waals surface area contributed by atoms with Gasteiger partial charge in [0.25, 0.3) is 17.7 Å². The zero-order valence-corrected chi connectivity index (χ0v) is 18.4. The Kier molecular flexibility index (Phi) is 5.79. The molecular weight excluding hydrogens is 420 g/mol. The highest BCUT2D eigenvalue weighted by Crippen LogP contribution is 2.31. The van der Waals surface area contributed by atoms with Crippen LogP contribution >= 0.6 is 0 Å². The number of carbonyl (C=O) groups is 4. The minimum Gasteiger partial charge on any atom is -0.449 e. The van der Waals surface area contributed by atoms with E-state index in [1.54, 1.807) is 43.4 Å². The fourth-order valence-corrected chi connectivity index (χ4v) is 3.73. The van der Waals surface area contributed by atoms with E-state index in [2.05, 4.69) is 0 Å². The highest BCUT2D eigenvalue weighted by molar-refractivity contribution is 6.35. The summed E-state index contributed by atoms with van der Waals surface area (Å²) in [5, 5.41) is 0. The molecule has 0 aromatic heterocycles. The first-order valence-corrected chi connectivity index (χ1v) is 10.4. The lowest BCUT2D eigenvalue weighted by atomic mass is 10.1. The summed E-state index contributed by atoms with van der Waals surface area (Å²) in [7, 11) is 1.60. The summed E-state index contributed by atoms with van der Waals surface area (Å²) in [6.45, 7) is 3.30. The monoisotopic (exact) mass is 442 g/mol. The quantitative estimate of drug-likeness (QED) is 0.440. The summed E-state index contributed by atoms with van der Waals surface area (Å²) in [5.41, 5.74) is 2.37. The number of imide groups is 1. The van der Waals surface area contributed by atoms with Crippen LogP contribution in [0.4, 0.5) is 11.4 Å². The molecule has 3 amide bonds. The van der Waals surface area contributed by atoms with E-state index in [1.807, 2.05) is 25.1 Å². The maximum Gasteiger partial charge on any atom is 0.338 e. The number of benzene rings is 3. The van der Waals surface area contributed by atoms with Crippen LogP contribution in [0.3, 0.4) is 0 Å². The van der Waals surface area contributed by atoms with Gasteiger partial charge in [0.2, 0.25) is 0 Å². The van der Waals surface area contributed by atoms with Gasteiger partial charge in [-0.05, 0) is 55.8 Å². The predicted octanol–water partition coefficient (Wildman–Crippen LogP) is 4.00. The van der Waals surface area contributed by atoms with E-state index in [4.69, 9.17) is 4.74 Å². The number of fused-ring (bicyclic) bond motifs is 1. The van der Waals surface area contributed by atoms with Gasteiger partial charge in [0.15, 0.2) is 6.10 Å². The van der Waals surface area contributed by atoms with Crippen molar-refractivity contribution in [3.05, 3.63) is 95.1 Å². The molecule has 3 aromatic carbocycles. The van der Waals surface area contributed by atoms with Crippen LogP contribution in [0, 0.1) is 6.92 Å². The highest BCUT2D eigenvalue weighted by atomic mass is 16.5. The number of anilines is 2. The molecule has 4 rings (SSSR count). The summed E-state index contributed by atoms with van der Waals surface area (Å²) in [4.78, 5) is 53.7. The molecular formula is C26H22N2O5. The lowest BCUT2D eigenvalue weighted by Crippen LogP contribution is -2.37. The van der Waals surface area contributed by atoms with Crippen LogP contribution in [0.5, 0.6) is 0 Å². The summed E-state index contributed by atoms with van der Waals surface area (Å²) < 4.78 is 5.35. The van der Waals surface area contributed by atoms with Crippen molar-refractivity contribution in [2.75, 3.05) is 16.8 Å². The smallest absolute Gasteiger partial charge is 0.338 e. The van der Waals surface area contributed by atoms with Crippen molar-refractivity contribution in [3.8, 4) is 0 Å². The Morgan fingerprint density at radius 1 is 0.879 bits per heavy atom. The number of esters is 1. The Morgan fingerprint density at radius 2 is 1.52 bits per heavy atom. The number of hydrogen-bond donors (Lipinski definition) is 0. The fourth-order valence-electron chi connectivity index (χ4n) is 3.73. The largest absolute Gasteiger partial charge is 0.449 e. The van der Waals surface area contributed by atoms with E-state index in [0.29, 0.717) is 11.4 Å². The Hall–Kier alpha value is -4.26. The third-order valence-corrected chi connectivity index (χ3v) is 5.58. The van der Waals surface area contributed by atoms with Gasteiger partial charge in [-0.3, -0.25) is 14.4 Å². The van der Waals surface area contributed by atoms with Crippen molar-refractivity contribution in [2.45, 2.75) is 20.0 Å². The number of carbonyl (C=O) groups excluding carboxylic acids is 4. The predicted molar refractivity (Wildman–Crippen MR) is 123 cm³/mol. The van der Waals surface area contributed by atoms with Crippen LogP contribution in [0.25, 0.3) is 0 Å². The first-order valence-electron chi connectivity index (χ1n) is 10.4. The van der Waals surface area contributed by atoms with Gasteiger partial charge >= 0.3 is 5.97 Å². The molecule has 0 bridgehead atoms. The van der Waals surface area contributed by atoms with Crippen molar-refractivity contribution in [1.29, 1.82) is 0 Å². The van der Waals surface area contributed by atoms with Gasteiger partial charge in [-0.25, -0.2) is 9.69 Å². The topological polar surface area (TPSA) is 84.0 Å². The third kappa shape index (κ3) is 4.01. The van der Waals surface area contributed by atoms with E-state index in [0.717, 1.165) is 10.5 Å². The van der Waals surface area contributed by atoms with E-state index in [1.165, 1.54) is 30.0 Å². The number of likely N-dealkylation sites (N-methyl/N-ethyl adjacent to an activating group) is 1. The number of ether oxygens (including phenoxy) is 1. The Balaban J connectivity index is 1.52. The summed E-state index contributed by atoms with van der Waals surface area (Å²) in [5.74, 6) is -2.11. The van der Waals surface area contributed by atoms with Gasteiger partial charge in [-0.2, -0.15) is 0 Å². The zero-order valence-electron chi connectivity index (χ0n) is 18.4. The number of hydrogen-bond acceptors (Lipinski definition) is 5. The van der Waals surface area contributed by atoms with E-state index < -0.39 is 29.8 Å². The van der Waals surface area contributed by atoms with Crippen molar-refractivity contribution < 1.29 is 23.9 Å². The van der Waals surface area contributed by atoms with Crippen LogP contribution in [-0.4, -0.2) is 36.8 Å². The van der Waals surface area contributed by atoms with Crippen LogP contribution in [0.15, 0.2) is 72.8 Å². The van der Waals surface area contributed by atoms with Crippen LogP contribution in [0.1, 0.15) is 43.6 Å². The number of amides is 3. The Morgan fingerprint density at radius 3 is 2.21 bits per heavy atom. The van der Waals surface area contributed by atoms with Gasteiger partial charge in [-0.15, -0.1) is 0 Å². The standard InChI is InChI=1S/C26H22N2O5/c1-16-9-7-8-12-22(16)28-24(30)20-14-13-18(15-21(20)25(28)31)26(32)33-17(2)23(29)27(3)19-10-5-4-6-11-19/h4-15,17H,1-3H3. The zero-order chi connectivity index (χ0) is 23.7. The van der Waals surface area contributed by atoms with Gasteiger partial charge in [0.05, 0.1) is 22.4 Å². The molecule has 1 heterocycles. The van der Waals surface area contributed by atoms with Crippen molar-refractivity contribution in [2.24, 2.45) is 0 Å². The van der Waals surface area contributed by atoms with E-state index >= 15 is 0 Å². The summed E-state index contributed by atoms with van der Waals surface area (Å²) >= 11 is 0. The molecule has 166 valence electrons. The minimum absolute atomic E-state index is 0.0866. The molecule has 0 radical (unpaired) electrons. The molecule has 1 unspecified atom stereocenters. The first kappa shape index (κ1) is 22.0. The Bertz CT molecular complexity index is 1270. The third-order valence-electron chi connectivity index (χ3n) is 5.58. The molecule has 0 saturated heterocycles. The first-order chi connectivity index (χ1) is 15.8. The number of para-hydroxylation sites is 2. The molecule has 1 aliphatic rings. The normalized spacial score (nSPS) is 13.5. The van der Waals surface area contributed by atoms with Gasteiger partial charge in [0, 0.05) is 12.7 Å². The molecule has 0 aliphatic carbocycles. The second-order valence-corrected chi connectivity index (χ2v) is 7.77. The summed E-state index contributed by atoms with van der Waals surface area (Å²) in [6.07, 6.45) is -1.04. The molecule has 0 N–H and O–H groups in total. The molecule has 33 heavy (non-hydrogen) atoms. The second-order valence-electron chi connectivity index (χ2n) is 7.77. The van der Waals surface area contributed by atoms with Crippen LogP contribution in [-0.2, 0) is 9.53 Å². The van der Waals surface area contributed by atoms with Crippen molar-refractivity contribution in [3.63, 3.8) is 0 Å². The molecule has 7 nitrogen and oxygen atoms in total. The van der Waals surface area contributed by atoms with Gasteiger partial charge in [0.1, 0.15) is 0 Å². The number of aryl methyl sites for hydroxylation is 1. The van der Waals surface area contributed by atoms with E-state index in [-0.39, 0.29) is 16.7 Å². The van der Waals surface area contributed by atoms with Crippen molar-refractivity contribution in [1.82, 2.24) is 0 Å². The molecule has 7 heteroatoms. The SMILES string of the molecule is Cc1ccccc1N1C(=O)c2ccc(C(=O)OC(C)C(=O)N(C)c3ccccc3)cc2C1=O. The van der Waals surface area contributed by atoms with Gasteiger partial charge < -0.3 is 9.64 Å². The number of rotatable bonds is 5. The fraction of sp³-hybridized carbons (Fsp3) is 0.154. The Labute approximate surface area is 191 Å². The van der Waals surface area contributed by atoms with Gasteiger partial charge in [-0.1, -0.05) is 36.4 Å². The summed E-state index contributed by atoms with van der Waals surface area (Å²) in [6, 6.07) is 20.3. The maximum atomic E-state index is 13.0. The molecule has 1 atom stereocenters. The second kappa shape index (κ2) is 8.70. The average Bonchev–Trinajstić information content (AvgIpc) is 3.08. The lowest BCUT2D eigenvalue weighted by Gasteiger charge is -2.21. The number of nitrogens with zero attached hydrogens (tertiary/aromatic N) is 2. The van der Waals surface area contributed by atoms with Crippen molar-refractivity contribution >= 4 is 35.1 Å². The lowest BCUT2D eigenvalue weighted by molar-refractivity contribution is -0.126. The van der Waals surface area contributed by atoms with Crippen LogP contribution in [0.2, 0.25) is 0 Å². The molecule has 0 saturated carbocycles. The molecule has 3 aromatic rings. The maximum absolute atomic E-state index is 13.0. The highest BCUT2D eigenvalue weighted by Gasteiger charge is 2.38. The molecule has 0 fully saturated rings. The average molecular weight is 442 g/mol. The van der Waals surface area contributed by atoms with E-state index in [9.17, 15) is 19.2 Å². The molecule has 0 spiro atoms. The minimum atomic E-state index is -1.04. The molecule has 1 aliphatic heterocycles. The van der Waals surface area contributed by atoms with Crippen LogP contribution < -0.4 is 9.80 Å².